The van der Waals surface area contributed by atoms with Crippen molar-refractivity contribution in [1.82, 2.24) is 0 Å². The Bertz CT molecular complexity index is 1420. The Morgan fingerprint density at radius 2 is 1.05 bits per heavy atom. The standard InChI is InChI=1S/C50H90O14P2/c1-4-5-6-7-27-32-37-46(51)38-33-28-23-20-21-24-29-34-39-49(53)60-43-48(44-63-66(58,59)62-42-47(52)41-61-65(55,56)57)64-50(54)40-35-30-25-19-17-15-13-11-9-8-10-12-14-16-18-22-26-31-36-45(2)3/h5-6,21,23-24,27-28,32-33,38,45-48,51-52H,4,7-20,22,25-26,29-31,34-37,39-44H2,1-3H3,(H,58,59)(H2,55,56,57)/b6-5-,24-21-,28-23-,32-27-,38-33+/t46?,47-,48+/m0/s1. The minimum absolute atomic E-state index is 0.0842. The third-order valence-electron chi connectivity index (χ3n) is 10.4. The monoisotopic (exact) mass is 977 g/mol. The van der Waals surface area contributed by atoms with Crippen molar-refractivity contribution in [3.05, 3.63) is 60.8 Å². The van der Waals surface area contributed by atoms with Crippen LogP contribution in [0.3, 0.4) is 0 Å². The van der Waals surface area contributed by atoms with Gasteiger partial charge in [0, 0.05) is 12.8 Å². The number of unbranched alkanes of at least 4 members (excludes halogenated alkanes) is 18. The number of carbonyl (C=O) groups is 2. The SMILES string of the molecule is CC/C=C\C/C=C\CC(O)/C=C/C=C\C/C=C\CCCC(=O)OC[C@H](COP(=O)(O)OC[C@@H](O)COP(=O)(O)O)OC(=O)CCCCCCCCCCCCCCCCCCCCC(C)C. The van der Waals surface area contributed by atoms with E-state index in [9.17, 15) is 33.8 Å². The summed E-state index contributed by atoms with van der Waals surface area (Å²) in [7, 11) is -9.72. The third-order valence-corrected chi connectivity index (χ3v) is 11.9. The number of aliphatic hydroxyl groups excluding tert-OH is 2. The van der Waals surface area contributed by atoms with Crippen LogP contribution in [0.15, 0.2) is 60.8 Å². The normalized spacial score (nSPS) is 14.9. The zero-order valence-corrected chi connectivity index (χ0v) is 42.6. The lowest BCUT2D eigenvalue weighted by molar-refractivity contribution is -0.161. The molecule has 0 spiro atoms. The van der Waals surface area contributed by atoms with Gasteiger partial charge >= 0.3 is 27.6 Å². The lowest BCUT2D eigenvalue weighted by Gasteiger charge is -2.20. The van der Waals surface area contributed by atoms with Crippen LogP contribution >= 0.6 is 15.6 Å². The van der Waals surface area contributed by atoms with E-state index in [1.165, 1.54) is 89.9 Å². The number of aliphatic hydroxyl groups is 2. The number of hydrogen-bond acceptors (Lipinski definition) is 11. The molecule has 0 aromatic rings. The largest absolute Gasteiger partial charge is 0.472 e. The summed E-state index contributed by atoms with van der Waals surface area (Å²) in [5.41, 5.74) is 0. The molecule has 384 valence electrons. The Balaban J connectivity index is 4.53. The Labute approximate surface area is 398 Å². The highest BCUT2D eigenvalue weighted by atomic mass is 31.2. The zero-order chi connectivity index (χ0) is 49.0. The molecule has 0 aliphatic heterocycles. The van der Waals surface area contributed by atoms with Crippen LogP contribution in [0, 0.1) is 5.92 Å². The van der Waals surface area contributed by atoms with Crippen molar-refractivity contribution in [2.24, 2.45) is 5.92 Å². The van der Waals surface area contributed by atoms with Crippen LogP contribution < -0.4 is 0 Å². The van der Waals surface area contributed by atoms with Gasteiger partial charge in [0.15, 0.2) is 6.10 Å². The van der Waals surface area contributed by atoms with Crippen molar-refractivity contribution in [2.75, 3.05) is 26.4 Å². The molecule has 0 amide bonds. The molecule has 0 bridgehead atoms. The highest BCUT2D eigenvalue weighted by Gasteiger charge is 2.28. The molecular weight excluding hydrogens is 886 g/mol. The number of esters is 2. The third kappa shape index (κ3) is 48.2. The number of phosphoric acid groups is 2. The number of rotatable bonds is 46. The van der Waals surface area contributed by atoms with Crippen molar-refractivity contribution in [2.45, 2.75) is 212 Å². The van der Waals surface area contributed by atoms with Crippen molar-refractivity contribution < 1.29 is 66.7 Å². The first-order valence-corrected chi connectivity index (χ1v) is 28.0. The van der Waals surface area contributed by atoms with E-state index in [2.05, 4.69) is 37.4 Å². The van der Waals surface area contributed by atoms with Gasteiger partial charge in [-0.3, -0.25) is 23.2 Å². The van der Waals surface area contributed by atoms with E-state index in [4.69, 9.17) is 28.3 Å². The van der Waals surface area contributed by atoms with Gasteiger partial charge in [-0.15, -0.1) is 0 Å². The Hall–Kier alpha value is -2.22. The molecule has 0 radical (unpaired) electrons. The summed E-state index contributed by atoms with van der Waals surface area (Å²) < 4.78 is 47.9. The lowest BCUT2D eigenvalue weighted by atomic mass is 10.0. The van der Waals surface area contributed by atoms with E-state index in [1.807, 2.05) is 42.5 Å². The highest BCUT2D eigenvalue weighted by Crippen LogP contribution is 2.44. The first-order valence-electron chi connectivity index (χ1n) is 24.9. The number of carbonyl (C=O) groups excluding carboxylic acids is 2. The first-order chi connectivity index (χ1) is 31.6. The highest BCUT2D eigenvalue weighted by molar-refractivity contribution is 7.47. The summed E-state index contributed by atoms with van der Waals surface area (Å²) >= 11 is 0. The average molecular weight is 977 g/mol. The molecule has 4 atom stereocenters. The molecule has 0 aromatic carbocycles. The molecular formula is C50H90O14P2. The van der Waals surface area contributed by atoms with Gasteiger partial charge in [-0.1, -0.05) is 197 Å². The van der Waals surface area contributed by atoms with E-state index >= 15 is 0 Å². The topological polar surface area (TPSA) is 216 Å². The predicted molar refractivity (Wildman–Crippen MR) is 263 cm³/mol. The van der Waals surface area contributed by atoms with Gasteiger partial charge in [-0.2, -0.15) is 0 Å². The Morgan fingerprint density at radius 3 is 1.62 bits per heavy atom. The fraction of sp³-hybridized carbons (Fsp3) is 0.760. The smallest absolute Gasteiger partial charge is 0.462 e. The summed E-state index contributed by atoms with van der Waals surface area (Å²) in [5, 5.41) is 19.8. The molecule has 0 aromatic heterocycles. The van der Waals surface area contributed by atoms with Gasteiger partial charge in [0.05, 0.1) is 25.9 Å². The fourth-order valence-electron chi connectivity index (χ4n) is 6.65. The maximum atomic E-state index is 12.7. The molecule has 0 saturated carbocycles. The van der Waals surface area contributed by atoms with Crippen molar-refractivity contribution in [3.63, 3.8) is 0 Å². The predicted octanol–water partition coefficient (Wildman–Crippen LogP) is 12.4. The number of ether oxygens (including phenoxy) is 2. The Morgan fingerprint density at radius 1 is 0.545 bits per heavy atom. The van der Waals surface area contributed by atoms with Gasteiger partial charge in [0.25, 0.3) is 0 Å². The second kappa shape index (κ2) is 44.0. The molecule has 0 aliphatic carbocycles. The van der Waals surface area contributed by atoms with Gasteiger partial charge in [0.2, 0.25) is 0 Å². The van der Waals surface area contributed by atoms with Gasteiger partial charge in [0.1, 0.15) is 12.7 Å². The second-order valence-corrected chi connectivity index (χ2v) is 20.1. The summed E-state index contributed by atoms with van der Waals surface area (Å²) in [6.45, 7) is 3.87. The zero-order valence-electron chi connectivity index (χ0n) is 40.8. The quantitative estimate of drug-likeness (QED) is 0.0126. The molecule has 2 unspecified atom stereocenters. The van der Waals surface area contributed by atoms with E-state index < -0.39 is 72.3 Å². The van der Waals surface area contributed by atoms with Crippen LogP contribution in [0.25, 0.3) is 0 Å². The van der Waals surface area contributed by atoms with Gasteiger partial charge in [-0.05, 0) is 50.9 Å². The van der Waals surface area contributed by atoms with E-state index in [0.717, 1.165) is 44.4 Å². The maximum absolute atomic E-state index is 12.7. The average Bonchev–Trinajstić information content (AvgIpc) is 3.26. The van der Waals surface area contributed by atoms with Crippen LogP contribution in [-0.4, -0.2) is 81.6 Å². The molecule has 14 nitrogen and oxygen atoms in total. The molecule has 16 heteroatoms. The molecule has 5 N–H and O–H groups in total. The molecule has 0 fully saturated rings. The summed E-state index contributed by atoms with van der Waals surface area (Å²) in [6.07, 6.45) is 43.9. The van der Waals surface area contributed by atoms with Gasteiger partial charge in [-0.25, -0.2) is 9.13 Å². The van der Waals surface area contributed by atoms with Crippen LogP contribution in [0.2, 0.25) is 0 Å². The van der Waals surface area contributed by atoms with Crippen LogP contribution in [0.4, 0.5) is 0 Å². The maximum Gasteiger partial charge on any atom is 0.472 e. The number of allylic oxidation sites excluding steroid dienone is 8. The lowest BCUT2D eigenvalue weighted by Crippen LogP contribution is -2.30. The van der Waals surface area contributed by atoms with Crippen LogP contribution in [0.1, 0.15) is 194 Å². The van der Waals surface area contributed by atoms with E-state index in [-0.39, 0.29) is 12.8 Å². The number of hydrogen-bond donors (Lipinski definition) is 5. The molecule has 0 rings (SSSR count). The first kappa shape index (κ1) is 63.8. The molecule has 0 saturated heterocycles. The van der Waals surface area contributed by atoms with Gasteiger partial charge < -0.3 is 34.4 Å². The van der Waals surface area contributed by atoms with Crippen molar-refractivity contribution in [1.29, 1.82) is 0 Å². The number of phosphoric ester groups is 2. The minimum Gasteiger partial charge on any atom is -0.462 e. The minimum atomic E-state index is -4.88. The summed E-state index contributed by atoms with van der Waals surface area (Å²) in [5.74, 6) is -0.308. The summed E-state index contributed by atoms with van der Waals surface area (Å²) in [4.78, 5) is 52.9. The van der Waals surface area contributed by atoms with Crippen molar-refractivity contribution >= 4 is 27.6 Å². The van der Waals surface area contributed by atoms with Crippen molar-refractivity contribution in [3.8, 4) is 0 Å². The van der Waals surface area contributed by atoms with E-state index in [1.54, 1.807) is 6.08 Å². The second-order valence-electron chi connectivity index (χ2n) is 17.4. The van der Waals surface area contributed by atoms with Crippen LogP contribution in [-0.2, 0) is 41.8 Å². The summed E-state index contributed by atoms with van der Waals surface area (Å²) in [6, 6.07) is 0. The van der Waals surface area contributed by atoms with E-state index in [0.29, 0.717) is 32.1 Å². The molecule has 66 heavy (non-hydrogen) atoms. The van der Waals surface area contributed by atoms with Crippen LogP contribution in [0.5, 0.6) is 0 Å². The fourth-order valence-corrected chi connectivity index (χ4v) is 7.81. The molecule has 0 heterocycles. The molecule has 0 aliphatic rings. The Kier molecular flexibility index (Phi) is 42.5.